The highest BCUT2D eigenvalue weighted by Crippen LogP contribution is 2.39. The second kappa shape index (κ2) is 5.18. The van der Waals surface area contributed by atoms with E-state index in [1.54, 1.807) is 6.92 Å². The Morgan fingerprint density at radius 2 is 1.72 bits per heavy atom. The van der Waals surface area contributed by atoms with Crippen LogP contribution in [0.4, 0.5) is 11.6 Å². The first-order valence-corrected chi connectivity index (χ1v) is 9.01. The van der Waals surface area contributed by atoms with Gasteiger partial charge in [0, 0.05) is 16.9 Å². The van der Waals surface area contributed by atoms with E-state index in [1.807, 2.05) is 6.92 Å². The molecule has 0 aliphatic heterocycles. The Kier molecular flexibility index (Phi) is 3.04. The van der Waals surface area contributed by atoms with Crippen molar-refractivity contribution in [2.24, 2.45) is 0 Å². The van der Waals surface area contributed by atoms with Gasteiger partial charge in [-0.1, -0.05) is 6.07 Å². The molecule has 5 rings (SSSR count). The van der Waals surface area contributed by atoms with Crippen LogP contribution in [0.1, 0.15) is 46.4 Å². The first-order chi connectivity index (χ1) is 12.1. The third kappa shape index (κ3) is 2.13. The Hall–Kier alpha value is -2.63. The average molecular weight is 335 g/mol. The van der Waals surface area contributed by atoms with Crippen LogP contribution < -0.4 is 10.9 Å². The van der Waals surface area contributed by atoms with E-state index in [4.69, 9.17) is 0 Å². The summed E-state index contributed by atoms with van der Waals surface area (Å²) in [7, 11) is 0. The monoisotopic (exact) mass is 335 g/mol. The van der Waals surface area contributed by atoms with Crippen LogP contribution in [0.3, 0.4) is 0 Å². The average Bonchev–Trinajstić information content (AvgIpc) is 3.31. The van der Waals surface area contributed by atoms with E-state index in [1.165, 1.54) is 45.3 Å². The summed E-state index contributed by atoms with van der Waals surface area (Å²) in [6, 6.07) is 2.41. The largest absolute Gasteiger partial charge is 0.324 e. The topological polar surface area (TPSA) is 75.1 Å². The highest BCUT2D eigenvalue weighted by Gasteiger charge is 2.24. The van der Waals surface area contributed by atoms with Crippen LogP contribution in [-0.4, -0.2) is 19.6 Å². The van der Waals surface area contributed by atoms with Gasteiger partial charge in [0.2, 0.25) is 5.95 Å². The van der Waals surface area contributed by atoms with Crippen LogP contribution in [0.2, 0.25) is 0 Å². The predicted molar refractivity (Wildman–Crippen MR) is 96.9 cm³/mol. The van der Waals surface area contributed by atoms with Crippen molar-refractivity contribution in [3.63, 3.8) is 0 Å². The summed E-state index contributed by atoms with van der Waals surface area (Å²) < 4.78 is 1.42. The smallest absolute Gasteiger partial charge is 0.277 e. The van der Waals surface area contributed by atoms with E-state index in [0.717, 1.165) is 31.4 Å². The van der Waals surface area contributed by atoms with Gasteiger partial charge in [-0.15, -0.1) is 0 Å². The van der Waals surface area contributed by atoms with E-state index < -0.39 is 0 Å². The third-order valence-electron chi connectivity index (χ3n) is 5.68. The van der Waals surface area contributed by atoms with Crippen molar-refractivity contribution < 1.29 is 0 Å². The van der Waals surface area contributed by atoms with Crippen LogP contribution in [-0.2, 0) is 25.7 Å². The lowest BCUT2D eigenvalue weighted by Gasteiger charge is -2.15. The van der Waals surface area contributed by atoms with Crippen molar-refractivity contribution in [3.8, 4) is 0 Å². The number of anilines is 2. The molecule has 2 aliphatic rings. The van der Waals surface area contributed by atoms with Gasteiger partial charge < -0.3 is 5.32 Å². The molecule has 0 atom stereocenters. The lowest BCUT2D eigenvalue weighted by molar-refractivity contribution is 0.874. The van der Waals surface area contributed by atoms with Gasteiger partial charge in [-0.3, -0.25) is 9.89 Å². The lowest BCUT2D eigenvalue weighted by atomic mass is 9.99. The van der Waals surface area contributed by atoms with E-state index in [-0.39, 0.29) is 5.56 Å². The van der Waals surface area contributed by atoms with E-state index in [2.05, 4.69) is 26.4 Å². The number of fused-ring (bicyclic) bond motifs is 3. The first-order valence-electron chi connectivity index (χ1n) is 9.01. The van der Waals surface area contributed by atoms with Gasteiger partial charge in [0.05, 0.1) is 0 Å². The minimum Gasteiger partial charge on any atom is -0.324 e. The molecule has 0 saturated carbocycles. The summed E-state index contributed by atoms with van der Waals surface area (Å²) >= 11 is 0. The summed E-state index contributed by atoms with van der Waals surface area (Å²) in [5.41, 5.74) is 8.29. The maximum atomic E-state index is 12.4. The molecule has 128 valence electrons. The number of aromatic nitrogens is 4. The van der Waals surface area contributed by atoms with Crippen molar-refractivity contribution in [2.45, 2.75) is 52.4 Å². The van der Waals surface area contributed by atoms with Gasteiger partial charge >= 0.3 is 0 Å². The number of benzene rings is 1. The van der Waals surface area contributed by atoms with Crippen molar-refractivity contribution >= 4 is 17.4 Å². The predicted octanol–water partition coefficient (Wildman–Crippen LogP) is 2.76. The molecule has 6 heteroatoms. The van der Waals surface area contributed by atoms with Crippen molar-refractivity contribution in [1.82, 2.24) is 19.6 Å². The maximum absolute atomic E-state index is 12.4. The number of nitrogens with zero attached hydrogens (tertiary/aromatic N) is 3. The highest BCUT2D eigenvalue weighted by molar-refractivity contribution is 5.70. The summed E-state index contributed by atoms with van der Waals surface area (Å²) in [6.45, 7) is 3.64. The Labute approximate surface area is 145 Å². The van der Waals surface area contributed by atoms with Gasteiger partial charge in [-0.2, -0.15) is 9.50 Å². The SMILES string of the molecule is Cc1nc2nc(Nc3c4c(cc5c3CCC5)CCC4)[nH]n2c(=O)c1C. The Morgan fingerprint density at radius 1 is 1.04 bits per heavy atom. The molecule has 0 bridgehead atoms. The molecule has 6 nitrogen and oxygen atoms in total. The van der Waals surface area contributed by atoms with Gasteiger partial charge in [-0.25, -0.2) is 4.98 Å². The number of aryl methyl sites for hydroxylation is 3. The zero-order valence-electron chi connectivity index (χ0n) is 14.6. The zero-order valence-corrected chi connectivity index (χ0v) is 14.6. The second-order valence-corrected chi connectivity index (χ2v) is 7.19. The number of rotatable bonds is 2. The molecular formula is C19H21N5O. The van der Waals surface area contributed by atoms with Crippen molar-refractivity contribution in [1.29, 1.82) is 0 Å². The molecule has 2 heterocycles. The molecule has 25 heavy (non-hydrogen) atoms. The van der Waals surface area contributed by atoms with Crippen molar-refractivity contribution in [2.75, 3.05) is 5.32 Å². The van der Waals surface area contributed by atoms with Crippen LogP contribution in [0.15, 0.2) is 10.9 Å². The molecule has 1 aromatic carbocycles. The molecule has 0 saturated heterocycles. The Balaban J connectivity index is 1.64. The summed E-state index contributed by atoms with van der Waals surface area (Å²) in [5.74, 6) is 1.00. The first kappa shape index (κ1) is 14.7. The fourth-order valence-corrected chi connectivity index (χ4v) is 4.25. The fraction of sp³-hybridized carbons (Fsp3) is 0.421. The van der Waals surface area contributed by atoms with Gasteiger partial charge in [0.1, 0.15) is 0 Å². The quantitative estimate of drug-likeness (QED) is 0.755. The number of H-pyrrole nitrogens is 1. The van der Waals surface area contributed by atoms with E-state index in [9.17, 15) is 4.79 Å². The van der Waals surface area contributed by atoms with Crippen molar-refractivity contribution in [3.05, 3.63) is 49.9 Å². The molecular weight excluding hydrogens is 314 g/mol. The van der Waals surface area contributed by atoms with Gasteiger partial charge in [0.15, 0.2) is 0 Å². The minimum absolute atomic E-state index is 0.0911. The molecule has 2 N–H and O–H groups in total. The molecule has 3 aromatic rings. The Morgan fingerprint density at radius 3 is 2.40 bits per heavy atom. The van der Waals surface area contributed by atoms with Crippen LogP contribution in [0.5, 0.6) is 0 Å². The van der Waals surface area contributed by atoms with Crippen LogP contribution in [0, 0.1) is 13.8 Å². The minimum atomic E-state index is -0.0911. The normalized spacial score (nSPS) is 15.6. The number of hydrogen-bond acceptors (Lipinski definition) is 4. The number of aromatic amines is 1. The Bertz CT molecular complexity index is 1040. The molecule has 0 fully saturated rings. The van der Waals surface area contributed by atoms with E-state index >= 15 is 0 Å². The van der Waals surface area contributed by atoms with Gasteiger partial charge in [0.25, 0.3) is 11.3 Å². The lowest BCUT2D eigenvalue weighted by Crippen LogP contribution is -2.19. The molecule has 0 amide bonds. The summed E-state index contributed by atoms with van der Waals surface area (Å²) in [6.07, 6.45) is 6.98. The van der Waals surface area contributed by atoms with Gasteiger partial charge in [-0.05, 0) is 74.6 Å². The molecule has 0 unspecified atom stereocenters. The zero-order chi connectivity index (χ0) is 17.1. The maximum Gasteiger partial charge on any atom is 0.277 e. The molecule has 2 aliphatic carbocycles. The number of hydrogen-bond donors (Lipinski definition) is 2. The van der Waals surface area contributed by atoms with Crippen LogP contribution in [0.25, 0.3) is 5.78 Å². The van der Waals surface area contributed by atoms with Crippen LogP contribution >= 0.6 is 0 Å². The third-order valence-corrected chi connectivity index (χ3v) is 5.68. The number of nitrogens with one attached hydrogen (secondary N) is 2. The molecule has 2 aromatic heterocycles. The summed E-state index contributed by atoms with van der Waals surface area (Å²) in [4.78, 5) is 21.3. The fourth-order valence-electron chi connectivity index (χ4n) is 4.25. The standard InChI is InChI=1S/C19H21N5O/c1-10-11(2)20-19-22-18(23-24(19)17(10)25)21-16-14-7-3-5-12(14)9-13-6-4-8-15(13)16/h9H,3-8H2,1-2H3,(H2,20,21,22,23). The highest BCUT2D eigenvalue weighted by atomic mass is 16.1. The molecule has 0 spiro atoms. The second-order valence-electron chi connectivity index (χ2n) is 7.19. The van der Waals surface area contributed by atoms with E-state index in [0.29, 0.717) is 17.3 Å². The summed E-state index contributed by atoms with van der Waals surface area (Å²) in [5, 5.41) is 6.58. The molecule has 0 radical (unpaired) electrons.